The third-order valence-corrected chi connectivity index (χ3v) is 5.96. The van der Waals surface area contributed by atoms with Gasteiger partial charge in [0, 0.05) is 36.3 Å². The van der Waals surface area contributed by atoms with Gasteiger partial charge in [0.15, 0.2) is 0 Å². The highest BCUT2D eigenvalue weighted by molar-refractivity contribution is 6.32. The predicted molar refractivity (Wildman–Crippen MR) is 132 cm³/mol. The number of H-pyrrole nitrogens is 1. The quantitative estimate of drug-likeness (QED) is 0.439. The number of nitrogens with zero attached hydrogens (tertiary/aromatic N) is 3. The lowest BCUT2D eigenvalue weighted by Crippen LogP contribution is -2.23. The van der Waals surface area contributed by atoms with Crippen molar-refractivity contribution in [3.05, 3.63) is 87.1 Å². The Morgan fingerprint density at radius 2 is 2.00 bits per heavy atom. The Labute approximate surface area is 197 Å². The van der Waals surface area contributed by atoms with Crippen LogP contribution in [0, 0.1) is 0 Å². The molecule has 0 saturated heterocycles. The van der Waals surface area contributed by atoms with E-state index in [4.69, 9.17) is 11.6 Å². The molecule has 4 rings (SSSR count). The average Bonchev–Trinajstić information content (AvgIpc) is 3.25. The van der Waals surface area contributed by atoms with Crippen molar-refractivity contribution < 1.29 is 4.79 Å². The molecule has 1 amide bonds. The Morgan fingerprint density at radius 1 is 1.18 bits per heavy atom. The highest BCUT2D eigenvalue weighted by atomic mass is 35.5. The monoisotopic (exact) mass is 463 g/mol. The minimum Gasteiger partial charge on any atom is -0.355 e. The van der Waals surface area contributed by atoms with E-state index >= 15 is 0 Å². The van der Waals surface area contributed by atoms with Crippen molar-refractivity contribution in [2.45, 2.75) is 13.0 Å². The second-order valence-corrected chi connectivity index (χ2v) is 8.66. The first-order valence-corrected chi connectivity index (χ1v) is 11.1. The molecule has 0 aliphatic carbocycles. The van der Waals surface area contributed by atoms with Crippen LogP contribution in [-0.4, -0.2) is 53.3 Å². The molecule has 170 valence electrons. The minimum absolute atomic E-state index is 0.0752. The van der Waals surface area contributed by atoms with E-state index in [1.165, 1.54) is 0 Å². The van der Waals surface area contributed by atoms with Gasteiger partial charge in [-0.3, -0.25) is 14.7 Å². The summed E-state index contributed by atoms with van der Waals surface area (Å²) in [4.78, 5) is 27.5. The van der Waals surface area contributed by atoms with Crippen LogP contribution in [0.2, 0.25) is 5.15 Å². The number of carbonyl (C=O) groups is 1. The van der Waals surface area contributed by atoms with Crippen molar-refractivity contribution in [1.82, 2.24) is 25.0 Å². The van der Waals surface area contributed by atoms with Gasteiger partial charge in [-0.2, -0.15) is 5.10 Å². The summed E-state index contributed by atoms with van der Waals surface area (Å²) in [6.45, 7) is 1.22. The predicted octanol–water partition coefficient (Wildman–Crippen LogP) is 3.56. The summed E-state index contributed by atoms with van der Waals surface area (Å²) in [6.07, 6.45) is 4.40. The molecule has 0 aliphatic rings. The Balaban J connectivity index is 1.81. The van der Waals surface area contributed by atoms with Crippen LogP contribution < -0.4 is 10.9 Å². The molecule has 0 aliphatic heterocycles. The summed E-state index contributed by atoms with van der Waals surface area (Å²) in [5.74, 6) is -0.153. The molecule has 0 fully saturated rings. The number of likely N-dealkylation sites (N-methyl/N-ethyl adjacent to an activating group) is 1. The molecular formula is C25H26ClN5O2. The average molecular weight is 464 g/mol. The van der Waals surface area contributed by atoms with Gasteiger partial charge in [0.1, 0.15) is 5.15 Å². The SMILES string of the molecule is CNC(=O)c1cccc(Cn2cc(CCN(C)C)c3cc(-c4cn[nH]c4Cl)ccc3c2=O)c1. The number of hydrogen-bond donors (Lipinski definition) is 2. The van der Waals surface area contributed by atoms with E-state index in [0.717, 1.165) is 40.6 Å². The summed E-state index contributed by atoms with van der Waals surface area (Å²) < 4.78 is 1.72. The summed E-state index contributed by atoms with van der Waals surface area (Å²) in [5, 5.41) is 11.4. The minimum atomic E-state index is -0.153. The maximum absolute atomic E-state index is 13.4. The molecule has 2 heterocycles. The van der Waals surface area contributed by atoms with Crippen LogP contribution in [0.4, 0.5) is 0 Å². The summed E-state index contributed by atoms with van der Waals surface area (Å²) >= 11 is 6.24. The number of nitrogens with one attached hydrogen (secondary N) is 2. The summed E-state index contributed by atoms with van der Waals surface area (Å²) in [6, 6.07) is 13.1. The maximum Gasteiger partial charge on any atom is 0.258 e. The molecule has 0 radical (unpaired) electrons. The molecular weight excluding hydrogens is 438 g/mol. The first-order valence-electron chi connectivity index (χ1n) is 10.7. The first-order chi connectivity index (χ1) is 15.9. The lowest BCUT2D eigenvalue weighted by molar-refractivity contribution is 0.0963. The number of carbonyl (C=O) groups excluding carboxylic acids is 1. The number of fused-ring (bicyclic) bond motifs is 1. The summed E-state index contributed by atoms with van der Waals surface area (Å²) in [5.41, 5.74) is 4.15. The maximum atomic E-state index is 13.4. The molecule has 4 aromatic rings. The van der Waals surface area contributed by atoms with E-state index in [9.17, 15) is 9.59 Å². The van der Waals surface area contributed by atoms with E-state index < -0.39 is 0 Å². The second kappa shape index (κ2) is 9.60. The number of hydrogen-bond acceptors (Lipinski definition) is 4. The largest absolute Gasteiger partial charge is 0.355 e. The number of benzene rings is 2. The van der Waals surface area contributed by atoms with Gasteiger partial charge in [-0.15, -0.1) is 0 Å². The number of pyridine rings is 1. The number of amides is 1. The van der Waals surface area contributed by atoms with Crippen molar-refractivity contribution >= 4 is 28.3 Å². The van der Waals surface area contributed by atoms with Gasteiger partial charge in [0.05, 0.1) is 12.7 Å². The van der Waals surface area contributed by atoms with Crippen LogP contribution in [0.5, 0.6) is 0 Å². The van der Waals surface area contributed by atoms with Crippen LogP contribution in [0.25, 0.3) is 21.9 Å². The van der Waals surface area contributed by atoms with E-state index in [1.54, 1.807) is 23.9 Å². The fourth-order valence-electron chi connectivity index (χ4n) is 3.92. The lowest BCUT2D eigenvalue weighted by atomic mass is 9.99. The molecule has 0 spiro atoms. The van der Waals surface area contributed by atoms with Gasteiger partial charge in [-0.1, -0.05) is 29.8 Å². The van der Waals surface area contributed by atoms with Gasteiger partial charge >= 0.3 is 0 Å². The zero-order valence-electron chi connectivity index (χ0n) is 18.9. The van der Waals surface area contributed by atoms with Crippen LogP contribution >= 0.6 is 11.6 Å². The highest BCUT2D eigenvalue weighted by Gasteiger charge is 2.14. The van der Waals surface area contributed by atoms with Gasteiger partial charge in [0.25, 0.3) is 11.5 Å². The van der Waals surface area contributed by atoms with Crippen LogP contribution in [0.15, 0.2) is 59.7 Å². The second-order valence-electron chi connectivity index (χ2n) is 8.28. The molecule has 0 saturated carbocycles. The summed E-state index contributed by atoms with van der Waals surface area (Å²) in [7, 11) is 5.66. The van der Waals surface area contributed by atoms with Crippen molar-refractivity contribution in [3.8, 4) is 11.1 Å². The van der Waals surface area contributed by atoms with Crippen LogP contribution in [-0.2, 0) is 13.0 Å². The molecule has 2 aromatic carbocycles. The molecule has 33 heavy (non-hydrogen) atoms. The highest BCUT2D eigenvalue weighted by Crippen LogP contribution is 2.29. The van der Waals surface area contributed by atoms with Crippen molar-refractivity contribution in [2.24, 2.45) is 0 Å². The van der Waals surface area contributed by atoms with Crippen LogP contribution in [0.1, 0.15) is 21.5 Å². The number of rotatable bonds is 7. The Bertz CT molecular complexity index is 1370. The third kappa shape index (κ3) is 4.84. The Kier molecular flexibility index (Phi) is 6.62. The fourth-order valence-corrected chi connectivity index (χ4v) is 4.13. The van der Waals surface area contributed by atoms with E-state index in [2.05, 4.69) is 20.4 Å². The van der Waals surface area contributed by atoms with E-state index in [1.807, 2.05) is 56.7 Å². The van der Waals surface area contributed by atoms with Gasteiger partial charge in [0.2, 0.25) is 0 Å². The molecule has 8 heteroatoms. The van der Waals surface area contributed by atoms with Crippen molar-refractivity contribution in [1.29, 1.82) is 0 Å². The normalized spacial score (nSPS) is 11.3. The van der Waals surface area contributed by atoms with Gasteiger partial charge in [-0.25, -0.2) is 0 Å². The van der Waals surface area contributed by atoms with E-state index in [-0.39, 0.29) is 11.5 Å². The third-order valence-electron chi connectivity index (χ3n) is 5.67. The van der Waals surface area contributed by atoms with Crippen molar-refractivity contribution in [2.75, 3.05) is 27.7 Å². The molecule has 0 unspecified atom stereocenters. The number of halogens is 1. The topological polar surface area (TPSA) is 83.0 Å². The number of aromatic nitrogens is 3. The molecule has 2 aromatic heterocycles. The fraction of sp³-hybridized carbons (Fsp3) is 0.240. The smallest absolute Gasteiger partial charge is 0.258 e. The van der Waals surface area contributed by atoms with Gasteiger partial charge < -0.3 is 14.8 Å². The van der Waals surface area contributed by atoms with Crippen LogP contribution in [0.3, 0.4) is 0 Å². The molecule has 2 N–H and O–H groups in total. The van der Waals surface area contributed by atoms with Crippen molar-refractivity contribution in [3.63, 3.8) is 0 Å². The van der Waals surface area contributed by atoms with E-state index in [0.29, 0.717) is 22.6 Å². The zero-order valence-corrected chi connectivity index (χ0v) is 19.6. The molecule has 7 nitrogen and oxygen atoms in total. The first kappa shape index (κ1) is 22.8. The number of aromatic amines is 1. The lowest BCUT2D eigenvalue weighted by Gasteiger charge is -2.16. The Morgan fingerprint density at radius 3 is 2.70 bits per heavy atom. The Hall–Kier alpha value is -3.42. The molecule has 0 bridgehead atoms. The molecule has 0 atom stereocenters. The standard InChI is InChI=1S/C25H26ClN5O2/c1-27-24(32)18-6-4-5-16(11-18)14-31-15-19(9-10-30(2)3)21-12-17(7-8-20(21)25(31)33)22-13-28-29-23(22)26/h4-8,11-13,15H,9-10,14H2,1-3H3,(H,27,32)(H,28,29). The van der Waals surface area contributed by atoms with Gasteiger partial charge in [-0.05, 0) is 66.9 Å². The zero-order chi connectivity index (χ0) is 23.5.